The monoisotopic (exact) mass is 302 g/mol. The first-order chi connectivity index (χ1) is 10.6. The third-order valence-electron chi connectivity index (χ3n) is 2.83. The highest BCUT2D eigenvalue weighted by atomic mass is 16.6. The van der Waals surface area contributed by atoms with E-state index in [-0.39, 0.29) is 18.7 Å². The van der Waals surface area contributed by atoms with Crippen molar-refractivity contribution in [1.29, 1.82) is 0 Å². The topological polar surface area (TPSA) is 102 Å². The van der Waals surface area contributed by atoms with Crippen LogP contribution in [0.15, 0.2) is 48.5 Å². The Balaban J connectivity index is 1.85. The van der Waals surface area contributed by atoms with E-state index in [4.69, 9.17) is 4.74 Å². The molecule has 0 radical (unpaired) electrons. The second kappa shape index (κ2) is 7.07. The van der Waals surface area contributed by atoms with Gasteiger partial charge in [-0.2, -0.15) is 0 Å². The summed E-state index contributed by atoms with van der Waals surface area (Å²) >= 11 is 0. The van der Waals surface area contributed by atoms with E-state index in [0.717, 1.165) is 12.1 Å². The van der Waals surface area contributed by atoms with Crippen LogP contribution in [0.2, 0.25) is 0 Å². The average molecular weight is 302 g/mol. The molecule has 114 valence electrons. The van der Waals surface area contributed by atoms with Gasteiger partial charge in [-0.1, -0.05) is 18.2 Å². The van der Waals surface area contributed by atoms with Crippen LogP contribution in [0, 0.1) is 10.1 Å². The standard InChI is InChI=1S/C15H14N2O5/c18-14-10-11(6-7-13(14)17(20)21)15(19)16-8-9-22-12-4-2-1-3-5-12/h1-7,10,18H,8-9H2,(H,16,19). The minimum atomic E-state index is -0.718. The summed E-state index contributed by atoms with van der Waals surface area (Å²) in [5.41, 5.74) is -0.299. The number of benzene rings is 2. The maximum Gasteiger partial charge on any atom is 0.310 e. The molecule has 2 N–H and O–H groups in total. The first-order valence-electron chi connectivity index (χ1n) is 6.51. The van der Waals surface area contributed by atoms with Crippen molar-refractivity contribution in [3.8, 4) is 11.5 Å². The Kier molecular flexibility index (Phi) is 4.92. The Hall–Kier alpha value is -3.09. The number of hydrogen-bond acceptors (Lipinski definition) is 5. The third-order valence-corrected chi connectivity index (χ3v) is 2.83. The maximum absolute atomic E-state index is 11.8. The number of phenols is 1. The molecule has 0 fully saturated rings. The number of nitro groups is 1. The lowest BCUT2D eigenvalue weighted by Gasteiger charge is -2.08. The smallest absolute Gasteiger partial charge is 0.310 e. The van der Waals surface area contributed by atoms with Crippen LogP contribution in [0.5, 0.6) is 11.5 Å². The number of nitro benzene ring substituents is 1. The second-order valence-electron chi connectivity index (χ2n) is 4.38. The number of hydrogen-bond donors (Lipinski definition) is 2. The van der Waals surface area contributed by atoms with Gasteiger partial charge in [-0.3, -0.25) is 14.9 Å². The van der Waals surface area contributed by atoms with Gasteiger partial charge in [0.25, 0.3) is 5.91 Å². The highest BCUT2D eigenvalue weighted by Gasteiger charge is 2.15. The van der Waals surface area contributed by atoms with Gasteiger partial charge in [0.15, 0.2) is 5.75 Å². The molecule has 2 aromatic rings. The van der Waals surface area contributed by atoms with Crippen molar-refractivity contribution in [3.63, 3.8) is 0 Å². The van der Waals surface area contributed by atoms with E-state index in [9.17, 15) is 20.0 Å². The molecule has 22 heavy (non-hydrogen) atoms. The SMILES string of the molecule is O=C(NCCOc1ccccc1)c1ccc([N+](=O)[O-])c(O)c1. The van der Waals surface area contributed by atoms with Gasteiger partial charge in [-0.05, 0) is 24.3 Å². The molecule has 0 aliphatic carbocycles. The maximum atomic E-state index is 11.8. The van der Waals surface area contributed by atoms with Crippen LogP contribution >= 0.6 is 0 Å². The highest BCUT2D eigenvalue weighted by molar-refractivity contribution is 5.95. The summed E-state index contributed by atoms with van der Waals surface area (Å²) < 4.78 is 5.41. The summed E-state index contributed by atoms with van der Waals surface area (Å²) in [6.07, 6.45) is 0. The van der Waals surface area contributed by atoms with Gasteiger partial charge in [0.2, 0.25) is 0 Å². The zero-order valence-corrected chi connectivity index (χ0v) is 11.6. The molecule has 2 aromatic carbocycles. The molecule has 7 nitrogen and oxygen atoms in total. The summed E-state index contributed by atoms with van der Waals surface area (Å²) in [5.74, 6) is -0.287. The van der Waals surface area contributed by atoms with Crippen molar-refractivity contribution in [2.45, 2.75) is 0 Å². The van der Waals surface area contributed by atoms with Crippen molar-refractivity contribution in [2.24, 2.45) is 0 Å². The average Bonchev–Trinajstić information content (AvgIpc) is 2.52. The van der Waals surface area contributed by atoms with Gasteiger partial charge in [-0.15, -0.1) is 0 Å². The highest BCUT2D eigenvalue weighted by Crippen LogP contribution is 2.26. The predicted octanol–water partition coefficient (Wildman–Crippen LogP) is 2.11. The van der Waals surface area contributed by atoms with Gasteiger partial charge < -0.3 is 15.2 Å². The molecule has 0 saturated carbocycles. The third kappa shape index (κ3) is 3.95. The van der Waals surface area contributed by atoms with Crippen LogP contribution in [0.4, 0.5) is 5.69 Å². The number of aromatic hydroxyl groups is 1. The summed E-state index contributed by atoms with van der Waals surface area (Å²) in [5, 5.41) is 22.7. The molecule has 1 amide bonds. The lowest BCUT2D eigenvalue weighted by Crippen LogP contribution is -2.28. The van der Waals surface area contributed by atoms with Gasteiger partial charge in [-0.25, -0.2) is 0 Å². The van der Waals surface area contributed by atoms with Crippen molar-refractivity contribution >= 4 is 11.6 Å². The molecule has 0 saturated heterocycles. The lowest BCUT2D eigenvalue weighted by atomic mass is 10.2. The minimum Gasteiger partial charge on any atom is -0.502 e. The minimum absolute atomic E-state index is 0.141. The Bertz CT molecular complexity index is 673. The van der Waals surface area contributed by atoms with Crippen molar-refractivity contribution in [2.75, 3.05) is 13.2 Å². The number of carbonyl (C=O) groups excluding carboxylic acids is 1. The molecule has 0 heterocycles. The zero-order chi connectivity index (χ0) is 15.9. The fraction of sp³-hybridized carbons (Fsp3) is 0.133. The van der Waals surface area contributed by atoms with Gasteiger partial charge in [0.05, 0.1) is 11.5 Å². The molecule has 0 aliphatic heterocycles. The lowest BCUT2D eigenvalue weighted by molar-refractivity contribution is -0.385. The largest absolute Gasteiger partial charge is 0.502 e. The predicted molar refractivity (Wildman–Crippen MR) is 79.0 cm³/mol. The fourth-order valence-electron chi connectivity index (χ4n) is 1.77. The van der Waals surface area contributed by atoms with E-state index < -0.39 is 22.3 Å². The summed E-state index contributed by atoms with van der Waals surface area (Å²) in [7, 11) is 0. The molecule has 0 aromatic heterocycles. The van der Waals surface area contributed by atoms with Gasteiger partial charge >= 0.3 is 5.69 Å². The Morgan fingerprint density at radius 1 is 1.23 bits per heavy atom. The second-order valence-corrected chi connectivity index (χ2v) is 4.38. The molecule has 0 atom stereocenters. The first-order valence-corrected chi connectivity index (χ1v) is 6.51. The Morgan fingerprint density at radius 2 is 1.95 bits per heavy atom. The van der Waals surface area contributed by atoms with Crippen LogP contribution in [-0.2, 0) is 0 Å². The van der Waals surface area contributed by atoms with Crippen molar-refractivity contribution in [3.05, 3.63) is 64.2 Å². The van der Waals surface area contributed by atoms with E-state index in [1.807, 2.05) is 18.2 Å². The molecular formula is C15H14N2O5. The normalized spacial score (nSPS) is 10.0. The Labute approximate surface area is 126 Å². The molecule has 0 aliphatic rings. The number of amides is 1. The first kappa shape index (κ1) is 15.3. The zero-order valence-electron chi connectivity index (χ0n) is 11.6. The van der Waals surface area contributed by atoms with E-state index >= 15 is 0 Å². The van der Waals surface area contributed by atoms with Crippen molar-refractivity contribution < 1.29 is 19.6 Å². The van der Waals surface area contributed by atoms with Crippen LogP contribution in [0.25, 0.3) is 0 Å². The van der Waals surface area contributed by atoms with E-state index in [2.05, 4.69) is 5.32 Å². The number of phenolic OH excluding ortho intramolecular Hbond substituents is 1. The number of nitrogens with zero attached hydrogens (tertiary/aromatic N) is 1. The van der Waals surface area contributed by atoms with E-state index in [1.54, 1.807) is 12.1 Å². The number of nitrogens with one attached hydrogen (secondary N) is 1. The van der Waals surface area contributed by atoms with E-state index in [0.29, 0.717) is 5.75 Å². The van der Waals surface area contributed by atoms with Crippen LogP contribution in [-0.4, -0.2) is 29.1 Å². The summed E-state index contributed by atoms with van der Waals surface area (Å²) in [6, 6.07) is 12.6. The van der Waals surface area contributed by atoms with Gasteiger partial charge in [0.1, 0.15) is 12.4 Å². The quantitative estimate of drug-likeness (QED) is 0.483. The van der Waals surface area contributed by atoms with Crippen LogP contribution < -0.4 is 10.1 Å². The number of rotatable bonds is 6. The Morgan fingerprint density at radius 3 is 2.59 bits per heavy atom. The number of ether oxygens (including phenoxy) is 1. The van der Waals surface area contributed by atoms with Gasteiger partial charge in [0, 0.05) is 11.6 Å². The summed E-state index contributed by atoms with van der Waals surface area (Å²) in [4.78, 5) is 21.7. The molecule has 0 unspecified atom stereocenters. The number of para-hydroxylation sites is 1. The molecule has 0 spiro atoms. The summed E-state index contributed by atoms with van der Waals surface area (Å²) in [6.45, 7) is 0.556. The van der Waals surface area contributed by atoms with E-state index in [1.165, 1.54) is 6.07 Å². The molecule has 7 heteroatoms. The van der Waals surface area contributed by atoms with Crippen LogP contribution in [0.3, 0.4) is 0 Å². The van der Waals surface area contributed by atoms with Crippen molar-refractivity contribution in [1.82, 2.24) is 5.32 Å². The molecular weight excluding hydrogens is 288 g/mol. The molecule has 2 rings (SSSR count). The van der Waals surface area contributed by atoms with Crippen LogP contribution in [0.1, 0.15) is 10.4 Å². The fourth-order valence-corrected chi connectivity index (χ4v) is 1.77. The molecule has 0 bridgehead atoms. The number of carbonyl (C=O) groups is 1.